The Kier molecular flexibility index (Phi) is 3.44. The number of fused-ring (bicyclic) bond motifs is 1. The van der Waals surface area contributed by atoms with Crippen molar-refractivity contribution in [2.45, 2.75) is 45.2 Å². The SMILES string of the molecule is CC[C@@]1(c2ccccc2)C2=CN=NC2NC2=C1C(=O)[C@H](C)C[C@@H]2C. The fourth-order valence-corrected chi connectivity index (χ4v) is 4.69. The van der Waals surface area contributed by atoms with Gasteiger partial charge in [0.2, 0.25) is 0 Å². The summed E-state index contributed by atoms with van der Waals surface area (Å²) in [6.45, 7) is 6.42. The van der Waals surface area contributed by atoms with Gasteiger partial charge in [0.25, 0.3) is 0 Å². The normalized spacial score (nSPS) is 34.5. The van der Waals surface area contributed by atoms with E-state index in [1.807, 2.05) is 24.4 Å². The Morgan fingerprint density at radius 1 is 1.21 bits per heavy atom. The lowest BCUT2D eigenvalue weighted by Crippen LogP contribution is -2.52. The maximum absolute atomic E-state index is 13.3. The smallest absolute Gasteiger partial charge is 0.164 e. The van der Waals surface area contributed by atoms with Gasteiger partial charge in [0.15, 0.2) is 11.9 Å². The van der Waals surface area contributed by atoms with E-state index in [0.717, 1.165) is 29.7 Å². The maximum Gasteiger partial charge on any atom is 0.164 e. The van der Waals surface area contributed by atoms with Crippen LogP contribution >= 0.6 is 0 Å². The van der Waals surface area contributed by atoms with Gasteiger partial charge in [-0.05, 0) is 24.3 Å². The van der Waals surface area contributed by atoms with Crippen LogP contribution in [0.5, 0.6) is 0 Å². The molecule has 0 spiro atoms. The average molecular weight is 321 g/mol. The molecule has 4 nitrogen and oxygen atoms in total. The number of rotatable bonds is 2. The molecule has 4 rings (SSSR count). The molecule has 1 N–H and O–H groups in total. The van der Waals surface area contributed by atoms with Crippen molar-refractivity contribution < 1.29 is 4.79 Å². The van der Waals surface area contributed by atoms with Gasteiger partial charge in [0.05, 0.1) is 11.6 Å². The molecule has 4 atom stereocenters. The summed E-state index contributed by atoms with van der Waals surface area (Å²) in [4.78, 5) is 13.3. The predicted octanol–water partition coefficient (Wildman–Crippen LogP) is 4.11. The molecule has 3 aliphatic rings. The summed E-state index contributed by atoms with van der Waals surface area (Å²) in [7, 11) is 0. The lowest BCUT2D eigenvalue weighted by atomic mass is 9.59. The number of ketones is 1. The second kappa shape index (κ2) is 5.40. The van der Waals surface area contributed by atoms with Crippen molar-refractivity contribution in [1.29, 1.82) is 0 Å². The Labute approximate surface area is 142 Å². The molecule has 0 fully saturated rings. The Hall–Kier alpha value is -2.23. The van der Waals surface area contributed by atoms with E-state index in [1.54, 1.807) is 0 Å². The first kappa shape index (κ1) is 15.3. The van der Waals surface area contributed by atoms with Gasteiger partial charge in [0.1, 0.15) is 0 Å². The van der Waals surface area contributed by atoms with E-state index in [1.165, 1.54) is 5.56 Å². The highest BCUT2D eigenvalue weighted by Gasteiger charge is 2.53. The minimum absolute atomic E-state index is 0.0580. The maximum atomic E-state index is 13.3. The first-order valence-electron chi connectivity index (χ1n) is 8.81. The Morgan fingerprint density at radius 3 is 2.67 bits per heavy atom. The number of allylic oxidation sites excluding steroid dienone is 2. The number of hydrogen-bond acceptors (Lipinski definition) is 4. The fraction of sp³-hybridized carbons (Fsp3) is 0.450. The molecule has 1 aromatic carbocycles. The molecule has 1 aliphatic carbocycles. The molecule has 4 heteroatoms. The average Bonchev–Trinajstić information content (AvgIpc) is 3.07. The summed E-state index contributed by atoms with van der Waals surface area (Å²) in [5.74, 6) is 0.662. The highest BCUT2D eigenvalue weighted by molar-refractivity contribution is 6.02. The summed E-state index contributed by atoms with van der Waals surface area (Å²) in [5, 5.41) is 12.1. The molecule has 124 valence electrons. The fourth-order valence-electron chi connectivity index (χ4n) is 4.69. The highest BCUT2D eigenvalue weighted by Crippen LogP contribution is 2.52. The van der Waals surface area contributed by atoms with Gasteiger partial charge in [-0.25, -0.2) is 0 Å². The first-order chi connectivity index (χ1) is 11.6. The second-order valence-corrected chi connectivity index (χ2v) is 7.18. The van der Waals surface area contributed by atoms with E-state index in [4.69, 9.17) is 0 Å². The van der Waals surface area contributed by atoms with Gasteiger partial charge in [-0.15, -0.1) is 0 Å². The lowest BCUT2D eigenvalue weighted by Gasteiger charge is -2.47. The Balaban J connectivity index is 2.03. The van der Waals surface area contributed by atoms with Crippen LogP contribution < -0.4 is 5.32 Å². The van der Waals surface area contributed by atoms with Gasteiger partial charge in [0, 0.05) is 22.8 Å². The number of carbonyl (C=O) groups excluding carboxylic acids is 1. The molecule has 2 aliphatic heterocycles. The quantitative estimate of drug-likeness (QED) is 0.891. The summed E-state index contributed by atoms with van der Waals surface area (Å²) in [6, 6.07) is 10.4. The van der Waals surface area contributed by atoms with Crippen molar-refractivity contribution in [1.82, 2.24) is 5.32 Å². The van der Waals surface area contributed by atoms with Gasteiger partial charge in [-0.3, -0.25) is 4.79 Å². The number of azo groups is 1. The molecule has 0 saturated carbocycles. The van der Waals surface area contributed by atoms with Crippen molar-refractivity contribution in [3.05, 3.63) is 58.9 Å². The summed E-state index contributed by atoms with van der Waals surface area (Å²) >= 11 is 0. The number of nitrogens with one attached hydrogen (secondary N) is 1. The third-order valence-corrected chi connectivity index (χ3v) is 5.85. The zero-order chi connectivity index (χ0) is 16.9. The molecule has 1 unspecified atom stereocenters. The number of nitrogens with zero attached hydrogens (tertiary/aromatic N) is 2. The van der Waals surface area contributed by atoms with Crippen molar-refractivity contribution in [3.63, 3.8) is 0 Å². The van der Waals surface area contributed by atoms with E-state index in [9.17, 15) is 4.79 Å². The van der Waals surface area contributed by atoms with Gasteiger partial charge in [-0.2, -0.15) is 10.2 Å². The molecule has 2 heterocycles. The molecule has 0 aromatic heterocycles. The number of Topliss-reactive ketones (excluding diaryl/α,β-unsaturated/α-hetero) is 1. The van der Waals surface area contributed by atoms with E-state index < -0.39 is 5.41 Å². The minimum Gasteiger partial charge on any atom is -0.362 e. The Bertz CT molecular complexity index is 777. The summed E-state index contributed by atoms with van der Waals surface area (Å²) in [5.41, 5.74) is 3.86. The van der Waals surface area contributed by atoms with Crippen molar-refractivity contribution in [2.24, 2.45) is 22.1 Å². The molecular formula is C20H23N3O. The van der Waals surface area contributed by atoms with E-state index in [-0.39, 0.29) is 17.9 Å². The van der Waals surface area contributed by atoms with Crippen LogP contribution in [-0.2, 0) is 10.2 Å². The molecular weight excluding hydrogens is 298 g/mol. The third kappa shape index (κ3) is 1.89. The largest absolute Gasteiger partial charge is 0.362 e. The monoisotopic (exact) mass is 321 g/mol. The van der Waals surface area contributed by atoms with Gasteiger partial charge < -0.3 is 5.32 Å². The zero-order valence-corrected chi connectivity index (χ0v) is 14.4. The van der Waals surface area contributed by atoms with Gasteiger partial charge >= 0.3 is 0 Å². The number of benzene rings is 1. The van der Waals surface area contributed by atoms with Crippen molar-refractivity contribution in [2.75, 3.05) is 0 Å². The topological polar surface area (TPSA) is 53.8 Å². The first-order valence-corrected chi connectivity index (χ1v) is 8.81. The number of hydrogen-bond donors (Lipinski definition) is 1. The van der Waals surface area contributed by atoms with E-state index in [0.29, 0.717) is 5.92 Å². The van der Waals surface area contributed by atoms with Crippen LogP contribution in [0.3, 0.4) is 0 Å². The molecule has 0 bridgehead atoms. The van der Waals surface area contributed by atoms with Crippen LogP contribution in [0.2, 0.25) is 0 Å². The predicted molar refractivity (Wildman–Crippen MR) is 93.3 cm³/mol. The van der Waals surface area contributed by atoms with Crippen LogP contribution in [0.15, 0.2) is 63.6 Å². The molecule has 1 aromatic rings. The minimum atomic E-state index is -0.421. The highest BCUT2D eigenvalue weighted by atomic mass is 16.1. The van der Waals surface area contributed by atoms with Gasteiger partial charge in [-0.1, -0.05) is 51.1 Å². The third-order valence-electron chi connectivity index (χ3n) is 5.85. The molecule has 0 amide bonds. The molecule has 0 radical (unpaired) electrons. The van der Waals surface area contributed by atoms with Crippen molar-refractivity contribution >= 4 is 5.78 Å². The van der Waals surface area contributed by atoms with E-state index in [2.05, 4.69) is 48.4 Å². The van der Waals surface area contributed by atoms with E-state index >= 15 is 0 Å². The van der Waals surface area contributed by atoms with Crippen LogP contribution in [0.25, 0.3) is 0 Å². The summed E-state index contributed by atoms with van der Waals surface area (Å²) in [6.07, 6.45) is 3.43. The zero-order valence-electron chi connectivity index (χ0n) is 14.4. The molecule has 0 saturated heterocycles. The molecule has 24 heavy (non-hydrogen) atoms. The van der Waals surface area contributed by atoms with Crippen LogP contribution in [0.1, 0.15) is 39.2 Å². The summed E-state index contributed by atoms with van der Waals surface area (Å²) < 4.78 is 0. The lowest BCUT2D eigenvalue weighted by molar-refractivity contribution is -0.120. The Morgan fingerprint density at radius 2 is 1.96 bits per heavy atom. The van der Waals surface area contributed by atoms with Crippen LogP contribution in [0, 0.1) is 11.8 Å². The van der Waals surface area contributed by atoms with Crippen molar-refractivity contribution in [3.8, 4) is 0 Å². The second-order valence-electron chi connectivity index (χ2n) is 7.18. The number of carbonyl (C=O) groups is 1. The van der Waals surface area contributed by atoms with Crippen LogP contribution in [0.4, 0.5) is 0 Å². The standard InChI is InChI=1S/C20H23N3O/c1-4-20(14-8-6-5-7-9-14)15-11-21-23-19(15)22-17-12(2)10-13(3)18(24)16(17)20/h5-9,11-13,19,22H,4,10H2,1-3H3/t12-,13+,19?,20+/m0/s1. The van der Waals surface area contributed by atoms with Crippen LogP contribution in [-0.4, -0.2) is 11.9 Å².